The van der Waals surface area contributed by atoms with Crippen molar-refractivity contribution in [1.29, 1.82) is 0 Å². The number of aryl methyl sites for hydroxylation is 2. The van der Waals surface area contributed by atoms with Crippen molar-refractivity contribution >= 4 is 58.3 Å². The molecule has 0 radical (unpaired) electrons. The van der Waals surface area contributed by atoms with Gasteiger partial charge in [-0.2, -0.15) is 23.4 Å². The number of ether oxygens (including phenoxy) is 2. The summed E-state index contributed by atoms with van der Waals surface area (Å²) in [4.78, 5) is 23.6. The van der Waals surface area contributed by atoms with E-state index in [1.807, 2.05) is 6.92 Å². The summed E-state index contributed by atoms with van der Waals surface area (Å²) in [7, 11) is 0. The third-order valence-electron chi connectivity index (χ3n) is 5.85. The first-order valence-electron chi connectivity index (χ1n) is 12.6. The first kappa shape index (κ1) is 34.2. The second kappa shape index (κ2) is 14.0. The molecule has 0 aliphatic rings. The van der Waals surface area contributed by atoms with Crippen LogP contribution in [0.15, 0.2) is 36.7 Å². The van der Waals surface area contributed by atoms with Crippen LogP contribution in [0.5, 0.6) is 0 Å². The molecular formula is C28H25Cl4F3N4O4. The van der Waals surface area contributed by atoms with Gasteiger partial charge in [0.25, 0.3) is 0 Å². The lowest BCUT2D eigenvalue weighted by Crippen LogP contribution is -2.07. The second-order valence-corrected chi connectivity index (χ2v) is 10.6. The molecule has 0 aliphatic heterocycles. The van der Waals surface area contributed by atoms with Gasteiger partial charge in [-0.3, -0.25) is 0 Å². The number of esters is 2. The van der Waals surface area contributed by atoms with Crippen LogP contribution in [0.4, 0.5) is 13.2 Å². The Kier molecular flexibility index (Phi) is 11.2. The van der Waals surface area contributed by atoms with Crippen molar-refractivity contribution in [2.45, 2.75) is 40.8 Å². The molecule has 0 saturated carbocycles. The van der Waals surface area contributed by atoms with Crippen molar-refractivity contribution in [1.82, 2.24) is 19.6 Å². The van der Waals surface area contributed by atoms with Crippen molar-refractivity contribution in [2.24, 2.45) is 0 Å². The third kappa shape index (κ3) is 7.83. The van der Waals surface area contributed by atoms with E-state index in [4.69, 9.17) is 55.9 Å². The maximum Gasteiger partial charge on any atom is 0.416 e. The number of hydrogen-bond acceptors (Lipinski definition) is 6. The smallest absolute Gasteiger partial charge is 0.416 e. The van der Waals surface area contributed by atoms with Crippen molar-refractivity contribution in [3.05, 3.63) is 90.4 Å². The second-order valence-electron chi connectivity index (χ2n) is 8.93. The van der Waals surface area contributed by atoms with Crippen molar-refractivity contribution < 1.29 is 32.2 Å². The molecule has 4 aromatic rings. The van der Waals surface area contributed by atoms with E-state index >= 15 is 0 Å². The summed E-state index contributed by atoms with van der Waals surface area (Å²) in [6, 6.07) is 5.11. The number of hydrogen-bond donors (Lipinski definition) is 0. The van der Waals surface area contributed by atoms with Crippen LogP contribution < -0.4 is 0 Å². The zero-order chi connectivity index (χ0) is 32.2. The molecule has 0 fully saturated rings. The molecule has 0 unspecified atom stereocenters. The van der Waals surface area contributed by atoms with E-state index in [0.717, 1.165) is 22.4 Å². The Bertz CT molecular complexity index is 1620. The SMILES string of the molecule is CCOC(=O)c1cn(-c2c(Cl)cc(C(F)(F)F)cc2Cl)nc1C.CCOC(=O)c1cnn(-c2c(Cl)cc(C)cc2Cl)c1C. The number of carbonyl (C=O) groups is 2. The normalized spacial score (nSPS) is 11.2. The summed E-state index contributed by atoms with van der Waals surface area (Å²) in [6.07, 6.45) is -1.80. The van der Waals surface area contributed by atoms with E-state index in [0.29, 0.717) is 39.3 Å². The molecule has 4 rings (SSSR count). The van der Waals surface area contributed by atoms with Crippen molar-refractivity contribution in [2.75, 3.05) is 13.2 Å². The average molecular weight is 680 g/mol. The topological polar surface area (TPSA) is 88.2 Å². The van der Waals surface area contributed by atoms with Gasteiger partial charge >= 0.3 is 18.1 Å². The summed E-state index contributed by atoms with van der Waals surface area (Å²) in [5, 5.41) is 8.75. The number of nitrogens with zero attached hydrogens (tertiary/aromatic N) is 4. The molecule has 0 bridgehead atoms. The van der Waals surface area contributed by atoms with Crippen molar-refractivity contribution in [3.63, 3.8) is 0 Å². The largest absolute Gasteiger partial charge is 0.462 e. The molecule has 2 aromatic heterocycles. The van der Waals surface area contributed by atoms with Gasteiger partial charge in [-0.1, -0.05) is 46.4 Å². The van der Waals surface area contributed by atoms with Gasteiger partial charge in [0.15, 0.2) is 0 Å². The van der Waals surface area contributed by atoms with Crippen LogP contribution in [0.3, 0.4) is 0 Å². The van der Waals surface area contributed by atoms with Gasteiger partial charge in [-0.05, 0) is 64.4 Å². The molecule has 0 N–H and O–H groups in total. The lowest BCUT2D eigenvalue weighted by molar-refractivity contribution is -0.137. The van der Waals surface area contributed by atoms with Crippen LogP contribution in [-0.4, -0.2) is 44.7 Å². The van der Waals surface area contributed by atoms with Crippen molar-refractivity contribution in [3.8, 4) is 11.4 Å². The molecule has 0 aliphatic carbocycles. The number of halogens is 7. The average Bonchev–Trinajstić information content (AvgIpc) is 3.46. The van der Waals surface area contributed by atoms with E-state index in [1.54, 1.807) is 44.5 Å². The number of rotatable bonds is 6. The third-order valence-corrected chi connectivity index (χ3v) is 7.00. The summed E-state index contributed by atoms with van der Waals surface area (Å²) >= 11 is 24.3. The maximum atomic E-state index is 12.7. The predicted octanol–water partition coefficient (Wildman–Crippen LogP) is 8.66. The molecule has 43 heavy (non-hydrogen) atoms. The number of benzene rings is 2. The maximum absolute atomic E-state index is 12.7. The fraction of sp³-hybridized carbons (Fsp3) is 0.286. The van der Waals surface area contributed by atoms with Gasteiger partial charge in [-0.15, -0.1) is 0 Å². The molecule has 0 atom stereocenters. The van der Waals surface area contributed by atoms with Crippen LogP contribution in [0, 0.1) is 20.8 Å². The highest BCUT2D eigenvalue weighted by molar-refractivity contribution is 6.38. The molecule has 8 nitrogen and oxygen atoms in total. The summed E-state index contributed by atoms with van der Waals surface area (Å²) in [5.41, 5.74) is 2.17. The highest BCUT2D eigenvalue weighted by atomic mass is 35.5. The van der Waals surface area contributed by atoms with Gasteiger partial charge in [0, 0.05) is 6.20 Å². The first-order valence-corrected chi connectivity index (χ1v) is 14.1. The molecule has 15 heteroatoms. The Morgan fingerprint density at radius 2 is 1.30 bits per heavy atom. The Hall–Kier alpha value is -3.25. The molecular weight excluding hydrogens is 655 g/mol. The molecule has 0 saturated heterocycles. The lowest BCUT2D eigenvalue weighted by Gasteiger charge is -2.12. The minimum Gasteiger partial charge on any atom is -0.462 e. The zero-order valence-corrected chi connectivity index (χ0v) is 26.5. The highest BCUT2D eigenvalue weighted by Crippen LogP contribution is 2.37. The van der Waals surface area contributed by atoms with Gasteiger partial charge in [0.2, 0.25) is 0 Å². The van der Waals surface area contributed by atoms with Gasteiger partial charge in [-0.25, -0.2) is 19.0 Å². The Labute approximate surface area is 265 Å². The molecule has 0 amide bonds. The van der Waals surface area contributed by atoms with E-state index in [1.165, 1.54) is 12.4 Å². The Morgan fingerprint density at radius 1 is 0.814 bits per heavy atom. The van der Waals surface area contributed by atoms with Crippen LogP contribution in [-0.2, 0) is 15.7 Å². The fourth-order valence-electron chi connectivity index (χ4n) is 3.87. The van der Waals surface area contributed by atoms with E-state index in [9.17, 15) is 22.8 Å². The fourth-order valence-corrected chi connectivity index (χ4v) is 5.29. The number of carbonyl (C=O) groups excluding carboxylic acids is 2. The lowest BCUT2D eigenvalue weighted by atomic mass is 10.2. The standard InChI is InChI=1S/C14H11Cl2F3N2O2.C14H14Cl2N2O2/c1-3-23-13(22)9-6-21(20-7(9)2)12-10(15)4-8(5-11(12)16)14(17,18)19;1-4-20-14(19)10-7-17-18(9(10)3)13-11(15)5-8(2)6-12(13)16/h4-6H,3H2,1-2H3;5-7H,4H2,1-3H3. The van der Waals surface area contributed by atoms with E-state index in [-0.39, 0.29) is 27.9 Å². The summed E-state index contributed by atoms with van der Waals surface area (Å²) < 4.78 is 50.8. The predicted molar refractivity (Wildman–Crippen MR) is 158 cm³/mol. The van der Waals surface area contributed by atoms with Crippen LogP contribution in [0.25, 0.3) is 11.4 Å². The number of aromatic nitrogens is 4. The monoisotopic (exact) mass is 678 g/mol. The van der Waals surface area contributed by atoms with Crippen LogP contribution >= 0.6 is 46.4 Å². The first-order chi connectivity index (χ1) is 20.1. The van der Waals surface area contributed by atoms with Crippen LogP contribution in [0.2, 0.25) is 20.1 Å². The zero-order valence-electron chi connectivity index (χ0n) is 23.4. The molecule has 2 heterocycles. The van der Waals surface area contributed by atoms with Crippen LogP contribution in [0.1, 0.15) is 57.1 Å². The van der Waals surface area contributed by atoms with Gasteiger partial charge in [0.1, 0.15) is 22.5 Å². The molecule has 230 valence electrons. The molecule has 0 spiro atoms. The quantitative estimate of drug-likeness (QED) is 0.190. The summed E-state index contributed by atoms with van der Waals surface area (Å²) in [6.45, 7) is 9.15. The highest BCUT2D eigenvalue weighted by Gasteiger charge is 2.32. The van der Waals surface area contributed by atoms with Gasteiger partial charge < -0.3 is 9.47 Å². The summed E-state index contributed by atoms with van der Waals surface area (Å²) in [5.74, 6) is -0.994. The Morgan fingerprint density at radius 3 is 1.79 bits per heavy atom. The van der Waals surface area contributed by atoms with Gasteiger partial charge in [0.05, 0.1) is 56.5 Å². The van der Waals surface area contributed by atoms with E-state index < -0.39 is 23.7 Å². The minimum atomic E-state index is -4.57. The molecule has 2 aromatic carbocycles. The van der Waals surface area contributed by atoms with E-state index in [2.05, 4.69) is 10.2 Å². The Balaban J connectivity index is 0.000000238. The minimum absolute atomic E-state index is 0.0555. The number of alkyl halides is 3.